The second kappa shape index (κ2) is 6.77. The summed E-state index contributed by atoms with van der Waals surface area (Å²) in [5, 5.41) is 0.806. The van der Waals surface area contributed by atoms with E-state index in [1.807, 2.05) is 0 Å². The third-order valence-electron chi connectivity index (χ3n) is 2.81. The molecule has 7 heteroatoms. The van der Waals surface area contributed by atoms with Crippen LogP contribution in [0.1, 0.15) is 12.5 Å². The van der Waals surface area contributed by atoms with Gasteiger partial charge in [0.25, 0.3) is 0 Å². The molecule has 0 spiro atoms. The number of ether oxygens (including phenoxy) is 1. The molecule has 0 aliphatic rings. The summed E-state index contributed by atoms with van der Waals surface area (Å²) in [6.45, 7) is 3.84. The Kier molecular flexibility index (Phi) is 5.21. The molecule has 0 atom stereocenters. The maximum Gasteiger partial charge on any atom is 0.342 e. The molecular formula is C15H14Cl2O4S. The average molecular weight is 361 g/mol. The fraction of sp³-hybridized carbons (Fsp3) is 0.200. The summed E-state index contributed by atoms with van der Waals surface area (Å²) in [6, 6.07) is 8.95. The number of hydrogen-bond donors (Lipinski definition) is 0. The molecule has 2 rings (SSSR count). The van der Waals surface area contributed by atoms with Crippen LogP contribution in [-0.4, -0.2) is 15.0 Å². The molecule has 0 unspecified atom stereocenters. The second-order valence-corrected chi connectivity index (χ2v) is 6.83. The van der Waals surface area contributed by atoms with Gasteiger partial charge < -0.3 is 8.92 Å². The van der Waals surface area contributed by atoms with E-state index in [9.17, 15) is 8.42 Å². The van der Waals surface area contributed by atoms with Crippen LogP contribution in [0.2, 0.25) is 10.0 Å². The minimum absolute atomic E-state index is 0.116. The van der Waals surface area contributed by atoms with Crippen molar-refractivity contribution in [3.63, 3.8) is 0 Å². The van der Waals surface area contributed by atoms with Crippen molar-refractivity contribution in [3.8, 4) is 11.5 Å². The summed E-state index contributed by atoms with van der Waals surface area (Å²) in [6.07, 6.45) is 0. The standard InChI is InChI=1S/C15H14Cl2O4S/c1-3-20-14-7-4-11(16)9-15(14)22(18,19)21-12-5-6-13(17)10(2)8-12/h4-9H,3H2,1-2H3. The fourth-order valence-electron chi connectivity index (χ4n) is 1.79. The van der Waals surface area contributed by atoms with Crippen LogP contribution in [0.3, 0.4) is 0 Å². The molecule has 0 aromatic heterocycles. The van der Waals surface area contributed by atoms with E-state index in [1.54, 1.807) is 32.0 Å². The first-order chi connectivity index (χ1) is 10.3. The first-order valence-electron chi connectivity index (χ1n) is 6.46. The summed E-state index contributed by atoms with van der Waals surface area (Å²) < 4.78 is 35.4. The molecule has 0 aliphatic heterocycles. The monoisotopic (exact) mass is 360 g/mol. The summed E-state index contributed by atoms with van der Waals surface area (Å²) in [7, 11) is -4.07. The van der Waals surface area contributed by atoms with Crippen molar-refractivity contribution in [3.05, 3.63) is 52.0 Å². The molecule has 0 bridgehead atoms. The Labute approximate surface area is 139 Å². The lowest BCUT2D eigenvalue weighted by atomic mass is 10.2. The molecule has 0 heterocycles. The summed E-state index contributed by atoms with van der Waals surface area (Å²) >= 11 is 11.8. The van der Waals surface area contributed by atoms with E-state index < -0.39 is 10.1 Å². The SMILES string of the molecule is CCOc1ccc(Cl)cc1S(=O)(=O)Oc1ccc(Cl)c(C)c1. The lowest BCUT2D eigenvalue weighted by Crippen LogP contribution is -2.12. The molecule has 22 heavy (non-hydrogen) atoms. The zero-order valence-corrected chi connectivity index (χ0v) is 14.3. The predicted octanol–water partition coefficient (Wildman–Crippen LogP) is 4.47. The Hall–Kier alpha value is -1.43. The molecule has 2 aromatic rings. The smallest absolute Gasteiger partial charge is 0.342 e. The van der Waals surface area contributed by atoms with Gasteiger partial charge >= 0.3 is 10.1 Å². The van der Waals surface area contributed by atoms with Crippen molar-refractivity contribution >= 4 is 33.3 Å². The van der Waals surface area contributed by atoms with Crippen LogP contribution in [0.25, 0.3) is 0 Å². The molecule has 0 saturated carbocycles. The lowest BCUT2D eigenvalue weighted by Gasteiger charge is -2.12. The molecule has 4 nitrogen and oxygen atoms in total. The lowest BCUT2D eigenvalue weighted by molar-refractivity contribution is 0.329. The molecule has 0 amide bonds. The number of benzene rings is 2. The Morgan fingerprint density at radius 2 is 1.82 bits per heavy atom. The van der Waals surface area contributed by atoms with Crippen molar-refractivity contribution in [1.29, 1.82) is 0 Å². The zero-order chi connectivity index (χ0) is 16.3. The van der Waals surface area contributed by atoms with Crippen molar-refractivity contribution < 1.29 is 17.3 Å². The summed E-state index contributed by atoms with van der Waals surface area (Å²) in [5.41, 5.74) is 0.713. The molecule has 0 aliphatic carbocycles. The number of halogens is 2. The van der Waals surface area contributed by atoms with E-state index in [0.29, 0.717) is 17.2 Å². The van der Waals surface area contributed by atoms with Crippen LogP contribution in [0.4, 0.5) is 0 Å². The van der Waals surface area contributed by atoms with E-state index in [0.717, 1.165) is 0 Å². The second-order valence-electron chi connectivity index (χ2n) is 4.47. The molecule has 118 valence electrons. The van der Waals surface area contributed by atoms with E-state index in [2.05, 4.69) is 0 Å². The predicted molar refractivity (Wildman–Crippen MR) is 86.6 cm³/mol. The van der Waals surface area contributed by atoms with Gasteiger partial charge in [-0.05, 0) is 55.8 Å². The highest BCUT2D eigenvalue weighted by Gasteiger charge is 2.23. The van der Waals surface area contributed by atoms with E-state index in [4.69, 9.17) is 32.1 Å². The molecule has 0 N–H and O–H groups in total. The topological polar surface area (TPSA) is 52.6 Å². The van der Waals surface area contributed by atoms with Gasteiger partial charge in [-0.2, -0.15) is 8.42 Å². The highest BCUT2D eigenvalue weighted by molar-refractivity contribution is 7.87. The van der Waals surface area contributed by atoms with Gasteiger partial charge in [0.2, 0.25) is 0 Å². The van der Waals surface area contributed by atoms with Crippen LogP contribution >= 0.6 is 23.2 Å². The summed E-state index contributed by atoms with van der Waals surface area (Å²) in [4.78, 5) is -0.116. The highest BCUT2D eigenvalue weighted by Crippen LogP contribution is 2.30. The molecule has 0 saturated heterocycles. The van der Waals surface area contributed by atoms with E-state index in [1.165, 1.54) is 18.2 Å². The van der Waals surface area contributed by atoms with Crippen molar-refractivity contribution in [2.24, 2.45) is 0 Å². The number of rotatable bonds is 5. The normalized spacial score (nSPS) is 11.3. The largest absolute Gasteiger partial charge is 0.492 e. The molecule has 0 radical (unpaired) electrons. The van der Waals surface area contributed by atoms with Crippen LogP contribution in [-0.2, 0) is 10.1 Å². The highest BCUT2D eigenvalue weighted by atomic mass is 35.5. The Balaban J connectivity index is 2.41. The minimum atomic E-state index is -4.07. The van der Waals surface area contributed by atoms with Gasteiger partial charge in [-0.1, -0.05) is 23.2 Å². The quantitative estimate of drug-likeness (QED) is 0.738. The van der Waals surface area contributed by atoms with Gasteiger partial charge in [0.1, 0.15) is 16.4 Å². The zero-order valence-electron chi connectivity index (χ0n) is 12.0. The number of aryl methyl sites for hydroxylation is 1. The van der Waals surface area contributed by atoms with Gasteiger partial charge in [-0.25, -0.2) is 0 Å². The van der Waals surface area contributed by atoms with Gasteiger partial charge in [0, 0.05) is 10.0 Å². The van der Waals surface area contributed by atoms with Crippen molar-refractivity contribution in [2.45, 2.75) is 18.7 Å². The van der Waals surface area contributed by atoms with Crippen LogP contribution < -0.4 is 8.92 Å². The maximum atomic E-state index is 12.5. The minimum Gasteiger partial charge on any atom is -0.492 e. The van der Waals surface area contributed by atoms with Gasteiger partial charge in [-0.15, -0.1) is 0 Å². The Bertz CT molecular complexity index is 788. The fourth-order valence-corrected chi connectivity index (χ4v) is 3.24. The molecule has 2 aromatic carbocycles. The average Bonchev–Trinajstić information content (AvgIpc) is 2.45. The summed E-state index contributed by atoms with van der Waals surface area (Å²) in [5.74, 6) is 0.363. The van der Waals surface area contributed by atoms with Crippen molar-refractivity contribution in [1.82, 2.24) is 0 Å². The maximum absolute atomic E-state index is 12.5. The Morgan fingerprint density at radius 1 is 1.09 bits per heavy atom. The van der Waals surface area contributed by atoms with Crippen LogP contribution in [0, 0.1) is 6.92 Å². The third kappa shape index (κ3) is 3.85. The van der Waals surface area contributed by atoms with Crippen LogP contribution in [0.5, 0.6) is 11.5 Å². The van der Waals surface area contributed by atoms with E-state index in [-0.39, 0.29) is 21.4 Å². The molecule has 0 fully saturated rings. The van der Waals surface area contributed by atoms with Gasteiger partial charge in [0.15, 0.2) is 0 Å². The van der Waals surface area contributed by atoms with Crippen LogP contribution in [0.15, 0.2) is 41.3 Å². The van der Waals surface area contributed by atoms with Gasteiger partial charge in [0.05, 0.1) is 6.61 Å². The first-order valence-corrected chi connectivity index (χ1v) is 8.63. The number of hydrogen-bond acceptors (Lipinski definition) is 4. The van der Waals surface area contributed by atoms with Gasteiger partial charge in [-0.3, -0.25) is 0 Å². The molecular weight excluding hydrogens is 347 g/mol. The third-order valence-corrected chi connectivity index (χ3v) is 4.74. The van der Waals surface area contributed by atoms with E-state index >= 15 is 0 Å². The Morgan fingerprint density at radius 3 is 2.45 bits per heavy atom. The van der Waals surface area contributed by atoms with Crippen molar-refractivity contribution in [2.75, 3.05) is 6.61 Å². The first kappa shape index (κ1) is 16.9.